The molecule has 0 unspecified atom stereocenters. The van der Waals surface area contributed by atoms with Gasteiger partial charge in [-0.3, -0.25) is 4.31 Å². The van der Waals surface area contributed by atoms with Crippen molar-refractivity contribution in [3.63, 3.8) is 0 Å². The predicted octanol–water partition coefficient (Wildman–Crippen LogP) is 5.19. The molecule has 0 aliphatic carbocycles. The molecule has 1 heterocycles. The summed E-state index contributed by atoms with van der Waals surface area (Å²) in [7, 11) is -2.08. The molecule has 0 radical (unpaired) electrons. The van der Waals surface area contributed by atoms with E-state index in [0.717, 1.165) is 36.3 Å². The number of hydrogen-bond acceptors (Lipinski definition) is 5. The van der Waals surface area contributed by atoms with Crippen molar-refractivity contribution >= 4 is 15.7 Å². The minimum absolute atomic E-state index is 0.0111. The third kappa shape index (κ3) is 6.09. The second-order valence-corrected chi connectivity index (χ2v) is 11.7. The van der Waals surface area contributed by atoms with Crippen molar-refractivity contribution in [2.45, 2.75) is 63.2 Å². The lowest BCUT2D eigenvalue weighted by molar-refractivity contribution is 0.238. The van der Waals surface area contributed by atoms with Crippen molar-refractivity contribution in [1.82, 2.24) is 10.6 Å². The van der Waals surface area contributed by atoms with Gasteiger partial charge in [0.1, 0.15) is 5.75 Å². The fraction of sp³-hybridized carbons (Fsp3) is 0.379. The Morgan fingerprint density at radius 1 is 1.06 bits per heavy atom. The van der Waals surface area contributed by atoms with Crippen LogP contribution in [0.5, 0.6) is 5.75 Å². The molecular formula is C29H37N3O3S. The second-order valence-electron chi connectivity index (χ2n) is 9.72. The Labute approximate surface area is 215 Å². The summed E-state index contributed by atoms with van der Waals surface area (Å²) >= 11 is 0. The summed E-state index contributed by atoms with van der Waals surface area (Å²) in [6, 6.07) is 23.5. The van der Waals surface area contributed by atoms with Crippen molar-refractivity contribution in [1.29, 1.82) is 0 Å². The average molecular weight is 508 g/mol. The first kappa shape index (κ1) is 26.2. The van der Waals surface area contributed by atoms with E-state index in [-0.39, 0.29) is 23.1 Å². The third-order valence-electron chi connectivity index (χ3n) is 6.62. The van der Waals surface area contributed by atoms with Crippen LogP contribution < -0.4 is 19.7 Å². The Balaban J connectivity index is 1.59. The molecule has 4 rings (SSSR count). The van der Waals surface area contributed by atoms with Gasteiger partial charge in [0.05, 0.1) is 16.7 Å². The first-order chi connectivity index (χ1) is 17.3. The van der Waals surface area contributed by atoms with Crippen LogP contribution in [0, 0.1) is 6.92 Å². The number of piperidine rings is 1. The lowest BCUT2D eigenvalue weighted by Crippen LogP contribution is -2.45. The second kappa shape index (κ2) is 11.5. The maximum atomic E-state index is 13.3. The Kier molecular flexibility index (Phi) is 8.34. The zero-order valence-electron chi connectivity index (χ0n) is 21.6. The van der Waals surface area contributed by atoms with E-state index in [2.05, 4.69) is 34.9 Å². The SMILES string of the molecule is Cc1ccc(S(=O)(=O)N(C)c2ccc(OC(C)C)c(CN[C@@H]3CCCN[C@@H]3c3ccccc3)c2)cc1. The monoisotopic (exact) mass is 507 g/mol. The molecule has 2 N–H and O–H groups in total. The number of benzene rings is 3. The van der Waals surface area contributed by atoms with E-state index >= 15 is 0 Å². The van der Waals surface area contributed by atoms with Crippen LogP contribution in [-0.4, -0.2) is 34.2 Å². The first-order valence-corrected chi connectivity index (χ1v) is 14.1. The number of sulfonamides is 1. The van der Waals surface area contributed by atoms with Crippen LogP contribution in [0.15, 0.2) is 77.7 Å². The molecule has 0 saturated carbocycles. The molecule has 1 aliphatic heterocycles. The Morgan fingerprint density at radius 2 is 1.78 bits per heavy atom. The zero-order valence-corrected chi connectivity index (χ0v) is 22.4. The molecule has 3 aromatic carbocycles. The van der Waals surface area contributed by atoms with Crippen LogP contribution in [-0.2, 0) is 16.6 Å². The van der Waals surface area contributed by atoms with Crippen molar-refractivity contribution in [3.05, 3.63) is 89.5 Å². The highest BCUT2D eigenvalue weighted by molar-refractivity contribution is 7.92. The van der Waals surface area contributed by atoms with Gasteiger partial charge < -0.3 is 15.4 Å². The maximum Gasteiger partial charge on any atom is 0.264 e. The molecule has 1 fully saturated rings. The van der Waals surface area contributed by atoms with Crippen LogP contribution in [0.4, 0.5) is 5.69 Å². The highest BCUT2D eigenvalue weighted by Crippen LogP contribution is 2.30. The van der Waals surface area contributed by atoms with Gasteiger partial charge in [0.15, 0.2) is 0 Å². The van der Waals surface area contributed by atoms with Crippen molar-refractivity contribution in [2.24, 2.45) is 0 Å². The van der Waals surface area contributed by atoms with Crippen LogP contribution in [0.25, 0.3) is 0 Å². The van der Waals surface area contributed by atoms with Gasteiger partial charge in [-0.2, -0.15) is 0 Å². The molecule has 2 atom stereocenters. The van der Waals surface area contributed by atoms with Crippen LogP contribution in [0.2, 0.25) is 0 Å². The molecule has 1 saturated heterocycles. The number of hydrogen-bond donors (Lipinski definition) is 2. The van der Waals surface area contributed by atoms with E-state index in [9.17, 15) is 8.42 Å². The van der Waals surface area contributed by atoms with Crippen LogP contribution >= 0.6 is 0 Å². The number of ether oxygens (including phenoxy) is 1. The molecule has 7 heteroatoms. The zero-order chi connectivity index (χ0) is 25.7. The molecule has 192 valence electrons. The number of nitrogens with zero attached hydrogens (tertiary/aromatic N) is 1. The van der Waals surface area contributed by atoms with E-state index in [4.69, 9.17) is 4.74 Å². The molecule has 0 aromatic heterocycles. The minimum atomic E-state index is -3.68. The third-order valence-corrected chi connectivity index (χ3v) is 8.42. The average Bonchev–Trinajstić information content (AvgIpc) is 2.88. The number of aryl methyl sites for hydroxylation is 1. The molecule has 6 nitrogen and oxygen atoms in total. The fourth-order valence-corrected chi connectivity index (χ4v) is 5.82. The summed E-state index contributed by atoms with van der Waals surface area (Å²) < 4.78 is 34.0. The molecule has 36 heavy (non-hydrogen) atoms. The topological polar surface area (TPSA) is 70.7 Å². The summed E-state index contributed by atoms with van der Waals surface area (Å²) in [5.74, 6) is 0.766. The fourth-order valence-electron chi connectivity index (χ4n) is 4.64. The van der Waals surface area contributed by atoms with E-state index in [1.54, 1.807) is 19.2 Å². The summed E-state index contributed by atoms with van der Waals surface area (Å²) in [5.41, 5.74) is 3.83. The summed E-state index contributed by atoms with van der Waals surface area (Å²) in [5, 5.41) is 7.39. The van der Waals surface area contributed by atoms with Crippen molar-refractivity contribution in [2.75, 3.05) is 17.9 Å². The summed E-state index contributed by atoms with van der Waals surface area (Å²) in [6.45, 7) is 7.50. The molecule has 1 aliphatic rings. The quantitative estimate of drug-likeness (QED) is 0.417. The first-order valence-electron chi connectivity index (χ1n) is 12.6. The van der Waals surface area contributed by atoms with Gasteiger partial charge in [-0.05, 0) is 76.1 Å². The van der Waals surface area contributed by atoms with E-state index in [0.29, 0.717) is 12.2 Å². The molecule has 0 bridgehead atoms. The van der Waals surface area contributed by atoms with Gasteiger partial charge in [0.25, 0.3) is 10.0 Å². The lowest BCUT2D eigenvalue weighted by atomic mass is 9.92. The largest absolute Gasteiger partial charge is 0.491 e. The van der Waals surface area contributed by atoms with Gasteiger partial charge in [-0.25, -0.2) is 8.42 Å². The summed E-state index contributed by atoms with van der Waals surface area (Å²) in [4.78, 5) is 0.275. The van der Waals surface area contributed by atoms with Gasteiger partial charge in [0.2, 0.25) is 0 Å². The molecule has 3 aromatic rings. The Bertz CT molecular complexity index is 1240. The van der Waals surface area contributed by atoms with E-state index < -0.39 is 10.0 Å². The number of rotatable bonds is 9. The number of nitrogens with one attached hydrogen (secondary N) is 2. The summed E-state index contributed by atoms with van der Waals surface area (Å²) in [6.07, 6.45) is 2.18. The minimum Gasteiger partial charge on any atom is -0.491 e. The van der Waals surface area contributed by atoms with Crippen molar-refractivity contribution in [3.8, 4) is 5.75 Å². The molecule has 0 amide bonds. The normalized spacial score (nSPS) is 18.2. The van der Waals surface area contributed by atoms with Gasteiger partial charge >= 0.3 is 0 Å². The number of anilines is 1. The highest BCUT2D eigenvalue weighted by Gasteiger charge is 2.27. The highest BCUT2D eigenvalue weighted by atomic mass is 32.2. The van der Waals surface area contributed by atoms with Gasteiger partial charge in [0, 0.05) is 31.2 Å². The van der Waals surface area contributed by atoms with E-state index in [1.165, 1.54) is 9.87 Å². The molecular weight excluding hydrogens is 470 g/mol. The standard InChI is InChI=1S/C29H37N3O3S/c1-21(2)35-28-17-14-25(32(4)36(33,34)26-15-12-22(3)13-16-26)19-24(28)20-31-27-11-8-18-30-29(27)23-9-6-5-7-10-23/h5-7,9-10,12-17,19,21,27,29-31H,8,11,18,20H2,1-4H3/t27-,29-/m1/s1. The molecule has 0 spiro atoms. The van der Waals surface area contributed by atoms with Gasteiger partial charge in [-0.1, -0.05) is 48.0 Å². The van der Waals surface area contributed by atoms with Crippen LogP contribution in [0.3, 0.4) is 0 Å². The van der Waals surface area contributed by atoms with Gasteiger partial charge in [-0.15, -0.1) is 0 Å². The Hall–Kier alpha value is -2.87. The Morgan fingerprint density at radius 3 is 2.47 bits per heavy atom. The maximum absolute atomic E-state index is 13.3. The van der Waals surface area contributed by atoms with Crippen LogP contribution in [0.1, 0.15) is 49.4 Å². The smallest absolute Gasteiger partial charge is 0.264 e. The van der Waals surface area contributed by atoms with E-state index in [1.807, 2.05) is 57.2 Å². The predicted molar refractivity (Wildman–Crippen MR) is 146 cm³/mol. The lowest BCUT2D eigenvalue weighted by Gasteiger charge is -2.34. The van der Waals surface area contributed by atoms with Crippen molar-refractivity contribution < 1.29 is 13.2 Å².